The Balaban J connectivity index is 2.19. The van der Waals surface area contributed by atoms with E-state index < -0.39 is 0 Å². The minimum absolute atomic E-state index is 0.146. The van der Waals surface area contributed by atoms with Crippen molar-refractivity contribution in [1.29, 1.82) is 0 Å². The molecule has 0 saturated heterocycles. The van der Waals surface area contributed by atoms with Crippen LogP contribution in [0.5, 0.6) is 0 Å². The zero-order valence-electron chi connectivity index (χ0n) is 13.4. The Morgan fingerprint density at radius 1 is 1.24 bits per heavy atom. The average molecular weight is 289 g/mol. The summed E-state index contributed by atoms with van der Waals surface area (Å²) in [6.45, 7) is 9.09. The van der Waals surface area contributed by atoms with Gasteiger partial charge in [-0.1, -0.05) is 20.3 Å². The molecule has 116 valence electrons. The first-order valence-electron chi connectivity index (χ1n) is 8.10. The van der Waals surface area contributed by atoms with Crippen molar-refractivity contribution in [2.24, 2.45) is 0 Å². The standard InChI is InChI=1S/C17H27N3O/c1-4-6-11-20(13(3)5-2)17(21)14-7-8-15-16(12-14)19-10-9-18-15/h7-8,12-13,18-19H,4-6,9-11H2,1-3H3. The Bertz CT molecular complexity index is 487. The predicted molar refractivity (Wildman–Crippen MR) is 89.1 cm³/mol. The molecule has 0 bridgehead atoms. The fraction of sp³-hybridized carbons (Fsp3) is 0.588. The fourth-order valence-corrected chi connectivity index (χ4v) is 2.61. The summed E-state index contributed by atoms with van der Waals surface area (Å²) in [5.74, 6) is 0.146. The van der Waals surface area contributed by atoms with Gasteiger partial charge in [-0.3, -0.25) is 4.79 Å². The number of carbonyl (C=O) groups is 1. The minimum atomic E-state index is 0.146. The molecule has 1 aromatic carbocycles. The number of carbonyl (C=O) groups excluding carboxylic acids is 1. The van der Waals surface area contributed by atoms with E-state index in [0.717, 1.165) is 55.8 Å². The van der Waals surface area contributed by atoms with E-state index in [1.807, 2.05) is 23.1 Å². The highest BCUT2D eigenvalue weighted by Gasteiger charge is 2.21. The highest BCUT2D eigenvalue weighted by atomic mass is 16.2. The topological polar surface area (TPSA) is 44.4 Å². The third kappa shape index (κ3) is 3.69. The monoisotopic (exact) mass is 289 g/mol. The molecule has 0 radical (unpaired) electrons. The van der Waals surface area contributed by atoms with Gasteiger partial charge >= 0.3 is 0 Å². The summed E-state index contributed by atoms with van der Waals surface area (Å²) in [7, 11) is 0. The van der Waals surface area contributed by atoms with Crippen molar-refractivity contribution in [1.82, 2.24) is 4.90 Å². The average Bonchev–Trinajstić information content (AvgIpc) is 2.54. The van der Waals surface area contributed by atoms with Crippen molar-refractivity contribution in [3.63, 3.8) is 0 Å². The van der Waals surface area contributed by atoms with Gasteiger partial charge in [0.1, 0.15) is 0 Å². The van der Waals surface area contributed by atoms with E-state index in [4.69, 9.17) is 0 Å². The molecule has 4 heteroatoms. The lowest BCUT2D eigenvalue weighted by molar-refractivity contribution is 0.0685. The first-order chi connectivity index (χ1) is 10.2. The number of anilines is 2. The molecule has 1 aromatic rings. The largest absolute Gasteiger partial charge is 0.382 e. The van der Waals surface area contributed by atoms with Gasteiger partial charge in [0.15, 0.2) is 0 Å². The highest BCUT2D eigenvalue weighted by molar-refractivity contribution is 5.96. The number of hydrogen-bond acceptors (Lipinski definition) is 3. The highest BCUT2D eigenvalue weighted by Crippen LogP contribution is 2.26. The predicted octanol–water partition coefficient (Wildman–Crippen LogP) is 3.56. The molecule has 21 heavy (non-hydrogen) atoms. The molecular weight excluding hydrogens is 262 g/mol. The maximum absolute atomic E-state index is 12.8. The second-order valence-electron chi connectivity index (χ2n) is 5.72. The molecule has 1 heterocycles. The number of fused-ring (bicyclic) bond motifs is 1. The van der Waals surface area contributed by atoms with Crippen molar-refractivity contribution < 1.29 is 4.79 Å². The molecular formula is C17H27N3O. The molecule has 4 nitrogen and oxygen atoms in total. The van der Waals surface area contributed by atoms with Gasteiger partial charge in [0.05, 0.1) is 11.4 Å². The Hall–Kier alpha value is -1.71. The molecule has 1 aliphatic heterocycles. The maximum atomic E-state index is 12.8. The van der Waals surface area contributed by atoms with Crippen LogP contribution in [-0.2, 0) is 0 Å². The van der Waals surface area contributed by atoms with E-state index in [1.165, 1.54) is 0 Å². The molecule has 0 aliphatic carbocycles. The van der Waals surface area contributed by atoms with Crippen LogP contribution in [0.15, 0.2) is 18.2 Å². The summed E-state index contributed by atoms with van der Waals surface area (Å²) in [4.78, 5) is 14.8. The van der Waals surface area contributed by atoms with E-state index in [-0.39, 0.29) is 11.9 Å². The number of nitrogens with zero attached hydrogens (tertiary/aromatic N) is 1. The number of nitrogens with one attached hydrogen (secondary N) is 2. The Labute approximate surface area is 127 Å². The Morgan fingerprint density at radius 3 is 2.62 bits per heavy atom. The van der Waals surface area contributed by atoms with Crippen LogP contribution in [0.2, 0.25) is 0 Å². The lowest BCUT2D eigenvalue weighted by Gasteiger charge is -2.29. The van der Waals surface area contributed by atoms with Gasteiger partial charge in [0, 0.05) is 31.2 Å². The normalized spacial score (nSPS) is 14.6. The fourth-order valence-electron chi connectivity index (χ4n) is 2.61. The maximum Gasteiger partial charge on any atom is 0.254 e. The van der Waals surface area contributed by atoms with E-state index in [2.05, 4.69) is 31.4 Å². The van der Waals surface area contributed by atoms with Crippen LogP contribution in [0.4, 0.5) is 11.4 Å². The van der Waals surface area contributed by atoms with E-state index in [0.29, 0.717) is 0 Å². The molecule has 1 atom stereocenters. The molecule has 0 saturated carbocycles. The molecule has 2 N–H and O–H groups in total. The third-order valence-corrected chi connectivity index (χ3v) is 4.16. The van der Waals surface area contributed by atoms with Crippen molar-refractivity contribution in [3.05, 3.63) is 23.8 Å². The molecule has 0 spiro atoms. The molecule has 0 aromatic heterocycles. The van der Waals surface area contributed by atoms with Gasteiger partial charge in [0.25, 0.3) is 5.91 Å². The van der Waals surface area contributed by atoms with Crippen LogP contribution in [0.3, 0.4) is 0 Å². The van der Waals surface area contributed by atoms with Crippen molar-refractivity contribution in [2.45, 2.75) is 46.1 Å². The smallest absolute Gasteiger partial charge is 0.254 e. The van der Waals surface area contributed by atoms with E-state index in [1.54, 1.807) is 0 Å². The second kappa shape index (κ2) is 7.34. The summed E-state index contributed by atoms with van der Waals surface area (Å²) in [5.41, 5.74) is 2.90. The lowest BCUT2D eigenvalue weighted by Crippen LogP contribution is -2.39. The quantitative estimate of drug-likeness (QED) is 0.841. The van der Waals surface area contributed by atoms with Crippen molar-refractivity contribution in [3.8, 4) is 0 Å². The van der Waals surface area contributed by atoms with Crippen molar-refractivity contribution in [2.75, 3.05) is 30.3 Å². The zero-order valence-corrected chi connectivity index (χ0v) is 13.4. The summed E-state index contributed by atoms with van der Waals surface area (Å²) < 4.78 is 0. The second-order valence-corrected chi connectivity index (χ2v) is 5.72. The van der Waals surface area contributed by atoms with Crippen LogP contribution < -0.4 is 10.6 Å². The molecule has 2 rings (SSSR count). The van der Waals surface area contributed by atoms with Crippen LogP contribution in [0, 0.1) is 0 Å². The number of hydrogen-bond donors (Lipinski definition) is 2. The zero-order chi connectivity index (χ0) is 15.2. The summed E-state index contributed by atoms with van der Waals surface area (Å²) >= 11 is 0. The summed E-state index contributed by atoms with van der Waals surface area (Å²) in [6.07, 6.45) is 3.15. The van der Waals surface area contributed by atoms with Crippen LogP contribution >= 0.6 is 0 Å². The first kappa shape index (κ1) is 15.7. The SMILES string of the molecule is CCCCN(C(=O)c1ccc2c(c1)NCCN2)C(C)CC. The van der Waals surface area contributed by atoms with Crippen molar-refractivity contribution >= 4 is 17.3 Å². The van der Waals surface area contributed by atoms with Gasteiger partial charge in [-0.25, -0.2) is 0 Å². The van der Waals surface area contributed by atoms with Gasteiger partial charge in [0.2, 0.25) is 0 Å². The lowest BCUT2D eigenvalue weighted by atomic mass is 10.1. The third-order valence-electron chi connectivity index (χ3n) is 4.16. The molecule has 1 unspecified atom stereocenters. The van der Waals surface area contributed by atoms with Gasteiger partial charge in [-0.05, 0) is 38.0 Å². The van der Waals surface area contributed by atoms with Crippen LogP contribution in [-0.4, -0.2) is 36.5 Å². The molecule has 0 fully saturated rings. The van der Waals surface area contributed by atoms with Crippen LogP contribution in [0.1, 0.15) is 50.4 Å². The van der Waals surface area contributed by atoms with Gasteiger partial charge < -0.3 is 15.5 Å². The molecule has 1 aliphatic rings. The van der Waals surface area contributed by atoms with E-state index in [9.17, 15) is 4.79 Å². The minimum Gasteiger partial charge on any atom is -0.382 e. The van der Waals surface area contributed by atoms with Crippen LogP contribution in [0.25, 0.3) is 0 Å². The number of rotatable bonds is 6. The van der Waals surface area contributed by atoms with Gasteiger partial charge in [-0.2, -0.15) is 0 Å². The number of unbranched alkanes of at least 4 members (excludes halogenated alkanes) is 1. The number of benzene rings is 1. The van der Waals surface area contributed by atoms with E-state index >= 15 is 0 Å². The van der Waals surface area contributed by atoms with Gasteiger partial charge in [-0.15, -0.1) is 0 Å². The summed E-state index contributed by atoms with van der Waals surface area (Å²) in [6, 6.07) is 6.20. The Kier molecular flexibility index (Phi) is 5.48. The summed E-state index contributed by atoms with van der Waals surface area (Å²) in [5, 5.41) is 6.69. The molecule has 1 amide bonds. The number of amides is 1. The Morgan fingerprint density at radius 2 is 1.95 bits per heavy atom. The first-order valence-corrected chi connectivity index (χ1v) is 8.10.